The predicted molar refractivity (Wildman–Crippen MR) is 101 cm³/mol. The number of pyridine rings is 2. The molecule has 0 aliphatic rings. The van der Waals surface area contributed by atoms with E-state index in [1.54, 1.807) is 42.7 Å². The van der Waals surface area contributed by atoms with Gasteiger partial charge in [0, 0.05) is 27.7 Å². The molecule has 3 aromatic heterocycles. The first kappa shape index (κ1) is 18.3. The zero-order valence-corrected chi connectivity index (χ0v) is 15.3. The minimum atomic E-state index is -1.35. The second kappa shape index (κ2) is 7.16. The predicted octanol–water partition coefficient (Wildman–Crippen LogP) is 6.40. The van der Waals surface area contributed by atoms with Crippen molar-refractivity contribution in [1.82, 2.24) is 9.97 Å². The number of thiophene rings is 1. The lowest BCUT2D eigenvalue weighted by Crippen LogP contribution is -2.01. The van der Waals surface area contributed by atoms with Crippen LogP contribution < -0.4 is 0 Å². The Morgan fingerprint density at radius 3 is 2.18 bits per heavy atom. The summed E-state index contributed by atoms with van der Waals surface area (Å²) in [6.45, 7) is 1.28. The molecule has 0 bridgehead atoms. The van der Waals surface area contributed by atoms with Gasteiger partial charge < -0.3 is 0 Å². The molecule has 28 heavy (non-hydrogen) atoms. The zero-order valence-electron chi connectivity index (χ0n) is 14.5. The summed E-state index contributed by atoms with van der Waals surface area (Å²) < 4.78 is 56.1. The Kier molecular flexibility index (Phi) is 4.68. The first-order valence-electron chi connectivity index (χ1n) is 8.27. The average Bonchev–Trinajstić information content (AvgIpc) is 3.13. The summed E-state index contributed by atoms with van der Waals surface area (Å²) in [7, 11) is 0. The van der Waals surface area contributed by atoms with Crippen LogP contribution in [0.3, 0.4) is 0 Å². The van der Waals surface area contributed by atoms with Crippen molar-refractivity contribution in [2.24, 2.45) is 0 Å². The Bertz CT molecular complexity index is 1130. The van der Waals surface area contributed by atoms with Crippen LogP contribution in [0.25, 0.3) is 32.0 Å². The van der Waals surface area contributed by atoms with E-state index in [0.29, 0.717) is 16.0 Å². The molecule has 3 heterocycles. The number of benzene rings is 1. The van der Waals surface area contributed by atoms with E-state index in [1.165, 1.54) is 19.1 Å². The number of nitrogens with zero attached hydrogens (tertiary/aromatic N) is 2. The van der Waals surface area contributed by atoms with Crippen molar-refractivity contribution in [1.29, 1.82) is 0 Å². The molecule has 0 radical (unpaired) electrons. The lowest BCUT2D eigenvalue weighted by atomic mass is 10.0. The molecule has 4 rings (SSSR count). The number of rotatable bonds is 3. The van der Waals surface area contributed by atoms with Gasteiger partial charge in [0.15, 0.2) is 11.6 Å². The number of hydrogen-bond donors (Lipinski definition) is 0. The summed E-state index contributed by atoms with van der Waals surface area (Å²) in [5, 5.41) is 0. The van der Waals surface area contributed by atoms with Gasteiger partial charge in [-0.1, -0.05) is 12.1 Å². The zero-order chi connectivity index (χ0) is 19.8. The maximum atomic E-state index is 14.6. The summed E-state index contributed by atoms with van der Waals surface area (Å²) in [6.07, 6.45) is 3.19. The summed E-state index contributed by atoms with van der Waals surface area (Å²) in [4.78, 5) is 8.12. The van der Waals surface area contributed by atoms with Crippen molar-refractivity contribution in [2.75, 3.05) is 0 Å². The summed E-state index contributed by atoms with van der Waals surface area (Å²) in [6, 6.07) is 10.9. The van der Waals surface area contributed by atoms with E-state index < -0.39 is 29.0 Å². The Balaban J connectivity index is 1.98. The first-order chi connectivity index (χ1) is 13.5. The molecular weight excluding hydrogens is 388 g/mol. The molecule has 0 saturated heterocycles. The van der Waals surface area contributed by atoms with Gasteiger partial charge in [-0.25, -0.2) is 18.2 Å². The average molecular weight is 400 g/mol. The van der Waals surface area contributed by atoms with Crippen LogP contribution in [0.15, 0.2) is 54.9 Å². The molecule has 140 valence electrons. The van der Waals surface area contributed by atoms with Crippen molar-refractivity contribution in [3.8, 4) is 32.0 Å². The third-order valence-electron chi connectivity index (χ3n) is 4.28. The molecule has 0 spiro atoms. The number of aryl methyl sites for hydroxylation is 1. The molecule has 0 aliphatic heterocycles. The third kappa shape index (κ3) is 3.18. The fourth-order valence-electron chi connectivity index (χ4n) is 2.92. The molecule has 0 N–H and O–H groups in total. The molecule has 7 heteroatoms. The van der Waals surface area contributed by atoms with Crippen LogP contribution in [0.5, 0.6) is 0 Å². The van der Waals surface area contributed by atoms with Crippen LogP contribution in [0, 0.1) is 30.3 Å². The number of hydrogen-bond acceptors (Lipinski definition) is 3. The maximum absolute atomic E-state index is 14.6. The Morgan fingerprint density at radius 1 is 0.821 bits per heavy atom. The van der Waals surface area contributed by atoms with Crippen molar-refractivity contribution >= 4 is 11.3 Å². The normalized spacial score (nSPS) is 11.0. The Morgan fingerprint density at radius 2 is 1.50 bits per heavy atom. The fourth-order valence-corrected chi connectivity index (χ4v) is 4.14. The van der Waals surface area contributed by atoms with Crippen molar-refractivity contribution in [3.63, 3.8) is 0 Å². The van der Waals surface area contributed by atoms with Crippen LogP contribution in [0.4, 0.5) is 17.6 Å². The van der Waals surface area contributed by atoms with Crippen LogP contribution in [0.2, 0.25) is 0 Å². The van der Waals surface area contributed by atoms with Gasteiger partial charge in [-0.15, -0.1) is 11.3 Å². The molecule has 0 atom stereocenters. The molecule has 0 saturated carbocycles. The van der Waals surface area contributed by atoms with Gasteiger partial charge in [0.2, 0.25) is 5.95 Å². The van der Waals surface area contributed by atoms with Gasteiger partial charge in [0.25, 0.3) is 0 Å². The quantitative estimate of drug-likeness (QED) is 0.294. The fraction of sp³-hybridized carbons (Fsp3) is 0.0476. The molecule has 4 aromatic rings. The van der Waals surface area contributed by atoms with E-state index in [9.17, 15) is 17.6 Å². The highest BCUT2D eigenvalue weighted by atomic mass is 32.1. The molecule has 0 fully saturated rings. The van der Waals surface area contributed by atoms with Gasteiger partial charge in [0.05, 0.1) is 11.3 Å². The SMILES string of the molecule is Cc1nc(F)c(F)c(-c2cc(-c3ccncc3)c(-c3ccc(F)cc3)s2)c1F. The van der Waals surface area contributed by atoms with Gasteiger partial charge in [-0.3, -0.25) is 4.98 Å². The van der Waals surface area contributed by atoms with Crippen molar-refractivity contribution in [3.05, 3.63) is 84.0 Å². The van der Waals surface area contributed by atoms with Gasteiger partial charge in [-0.05, 0) is 48.4 Å². The number of aromatic nitrogens is 2. The van der Waals surface area contributed by atoms with Gasteiger partial charge in [0.1, 0.15) is 5.82 Å². The third-order valence-corrected chi connectivity index (χ3v) is 5.48. The van der Waals surface area contributed by atoms with Crippen LogP contribution in [0.1, 0.15) is 5.69 Å². The van der Waals surface area contributed by atoms with E-state index in [-0.39, 0.29) is 10.6 Å². The second-order valence-corrected chi connectivity index (χ2v) is 7.14. The first-order valence-corrected chi connectivity index (χ1v) is 9.09. The van der Waals surface area contributed by atoms with E-state index in [4.69, 9.17) is 0 Å². The van der Waals surface area contributed by atoms with Crippen LogP contribution in [-0.2, 0) is 0 Å². The standard InChI is InChI=1S/C21H12F4N2S/c1-11-18(23)17(19(24)21(25)27-11)16-10-15(12-6-8-26-9-7-12)20(28-16)13-2-4-14(22)5-3-13/h2-10H,1H3. The summed E-state index contributed by atoms with van der Waals surface area (Å²) in [5.74, 6) is -3.99. The lowest BCUT2D eigenvalue weighted by molar-refractivity contribution is 0.463. The highest BCUT2D eigenvalue weighted by molar-refractivity contribution is 7.19. The highest BCUT2D eigenvalue weighted by Crippen LogP contribution is 2.44. The largest absolute Gasteiger partial charge is 0.265 e. The Hall–Kier alpha value is -3.06. The molecule has 0 unspecified atom stereocenters. The van der Waals surface area contributed by atoms with E-state index in [1.807, 2.05) is 0 Å². The Labute approximate surface area is 162 Å². The van der Waals surface area contributed by atoms with E-state index in [2.05, 4.69) is 9.97 Å². The highest BCUT2D eigenvalue weighted by Gasteiger charge is 2.23. The van der Waals surface area contributed by atoms with E-state index in [0.717, 1.165) is 16.9 Å². The number of halogens is 4. The second-order valence-electron chi connectivity index (χ2n) is 6.09. The topological polar surface area (TPSA) is 25.8 Å². The van der Waals surface area contributed by atoms with Crippen LogP contribution >= 0.6 is 11.3 Å². The minimum absolute atomic E-state index is 0.213. The van der Waals surface area contributed by atoms with Crippen molar-refractivity contribution < 1.29 is 17.6 Å². The molecular formula is C21H12F4N2S. The van der Waals surface area contributed by atoms with Crippen LogP contribution in [-0.4, -0.2) is 9.97 Å². The molecule has 2 nitrogen and oxygen atoms in total. The van der Waals surface area contributed by atoms with E-state index >= 15 is 0 Å². The van der Waals surface area contributed by atoms with Gasteiger partial charge in [-0.2, -0.15) is 4.39 Å². The van der Waals surface area contributed by atoms with Crippen molar-refractivity contribution in [2.45, 2.75) is 6.92 Å². The van der Waals surface area contributed by atoms with Gasteiger partial charge >= 0.3 is 0 Å². The molecule has 1 aromatic carbocycles. The molecule has 0 amide bonds. The maximum Gasteiger partial charge on any atom is 0.250 e. The molecule has 0 aliphatic carbocycles. The minimum Gasteiger partial charge on any atom is -0.265 e. The summed E-state index contributed by atoms with van der Waals surface area (Å²) in [5.41, 5.74) is 1.44. The lowest BCUT2D eigenvalue weighted by Gasteiger charge is -2.05. The smallest absolute Gasteiger partial charge is 0.250 e. The summed E-state index contributed by atoms with van der Waals surface area (Å²) >= 11 is 1.09. The monoisotopic (exact) mass is 400 g/mol.